The van der Waals surface area contributed by atoms with Gasteiger partial charge in [0.15, 0.2) is 6.29 Å². The molecule has 342 valence electrons. The van der Waals surface area contributed by atoms with Crippen LogP contribution in [0.2, 0.25) is 0 Å². The van der Waals surface area contributed by atoms with Crippen LogP contribution in [0.15, 0.2) is 47.4 Å². The second-order valence-corrected chi connectivity index (χ2v) is 17.1. The molecule has 7 rings (SSSR count). The first kappa shape index (κ1) is 46.4. The van der Waals surface area contributed by atoms with Crippen molar-refractivity contribution in [3.05, 3.63) is 69.6 Å². The first-order valence-corrected chi connectivity index (χ1v) is 22.4. The van der Waals surface area contributed by atoms with E-state index in [1.165, 1.54) is 0 Å². The van der Waals surface area contributed by atoms with Gasteiger partial charge in [0.05, 0.1) is 43.1 Å². The van der Waals surface area contributed by atoms with Crippen molar-refractivity contribution in [3.63, 3.8) is 0 Å². The Morgan fingerprint density at radius 3 is 2.49 bits per heavy atom. The number of methoxy groups -OCH3 is 1. The molecule has 2 fully saturated rings. The van der Waals surface area contributed by atoms with Gasteiger partial charge >= 0.3 is 5.97 Å². The summed E-state index contributed by atoms with van der Waals surface area (Å²) in [5.74, 6) is -2.75. The third kappa shape index (κ3) is 9.33. The number of hydrogen-bond acceptors (Lipinski definition) is 14. The van der Waals surface area contributed by atoms with Gasteiger partial charge in [0, 0.05) is 81.0 Å². The molecule has 1 aliphatic carbocycles. The van der Waals surface area contributed by atoms with Crippen LogP contribution in [0.3, 0.4) is 0 Å². The van der Waals surface area contributed by atoms with E-state index < -0.39 is 48.5 Å². The van der Waals surface area contributed by atoms with Gasteiger partial charge < -0.3 is 59.1 Å². The Hall–Kier alpha value is -4.61. The third-order valence-corrected chi connectivity index (χ3v) is 13.4. The molecule has 4 aliphatic rings. The van der Waals surface area contributed by atoms with Gasteiger partial charge in [-0.2, -0.15) is 0 Å². The molecule has 4 heterocycles. The van der Waals surface area contributed by atoms with Crippen molar-refractivity contribution < 1.29 is 63.6 Å². The number of likely N-dealkylation sites (tertiary alicyclic amines) is 1. The SMILES string of the molecule is CCOC(=O)C1=C(C=O)C(=C2CC(CO)C(=O)C(c3ccc4[nH]ccc4c3)C2)c2c(OCCCO)c3c(c(CO)c2O1)OC(C(O)(CCCCO)C1CCN(CCCOC)CC1)C3. The summed E-state index contributed by atoms with van der Waals surface area (Å²) in [5, 5.41) is 55.5. The second-order valence-electron chi connectivity index (χ2n) is 17.1. The number of aromatic amines is 1. The van der Waals surface area contributed by atoms with Crippen molar-refractivity contribution in [3.8, 4) is 17.2 Å². The lowest BCUT2D eigenvalue weighted by Gasteiger charge is -2.44. The van der Waals surface area contributed by atoms with E-state index in [2.05, 4.69) is 9.88 Å². The number of H-pyrrole nitrogens is 1. The number of piperidine rings is 1. The number of carbonyl (C=O) groups excluding carboxylic acids is 3. The zero-order valence-corrected chi connectivity index (χ0v) is 36.4. The number of hydrogen-bond donors (Lipinski definition) is 6. The van der Waals surface area contributed by atoms with Crippen molar-refractivity contribution in [1.82, 2.24) is 9.88 Å². The minimum absolute atomic E-state index is 0.00276. The van der Waals surface area contributed by atoms with Gasteiger partial charge in [-0.1, -0.05) is 11.6 Å². The monoisotopic (exact) mass is 874 g/mol. The van der Waals surface area contributed by atoms with Crippen LogP contribution in [0, 0.1) is 11.8 Å². The summed E-state index contributed by atoms with van der Waals surface area (Å²) in [6.07, 6.45) is 5.78. The van der Waals surface area contributed by atoms with Gasteiger partial charge in [-0.25, -0.2) is 4.79 Å². The molecule has 4 unspecified atom stereocenters. The maximum absolute atomic E-state index is 14.1. The molecular weight excluding hydrogens is 813 g/mol. The highest BCUT2D eigenvalue weighted by molar-refractivity contribution is 6.11. The molecule has 0 bridgehead atoms. The minimum Gasteiger partial charge on any atom is -0.492 e. The highest BCUT2D eigenvalue weighted by Crippen LogP contribution is 2.57. The average molecular weight is 875 g/mol. The zero-order valence-electron chi connectivity index (χ0n) is 36.4. The molecule has 0 amide bonds. The molecule has 0 spiro atoms. The molecule has 1 aromatic heterocycles. The summed E-state index contributed by atoms with van der Waals surface area (Å²) in [6, 6.07) is 7.60. The number of aldehydes is 1. The molecule has 1 saturated carbocycles. The van der Waals surface area contributed by atoms with Crippen LogP contribution in [0.25, 0.3) is 16.5 Å². The average Bonchev–Trinajstić information content (AvgIpc) is 3.97. The fourth-order valence-electron chi connectivity index (χ4n) is 10.2. The molecule has 3 aliphatic heterocycles. The number of ether oxygens (including phenoxy) is 5. The number of esters is 1. The number of allylic oxidation sites excluding steroid dienone is 3. The summed E-state index contributed by atoms with van der Waals surface area (Å²) in [4.78, 5) is 46.9. The highest BCUT2D eigenvalue weighted by Gasteiger charge is 2.51. The lowest BCUT2D eigenvalue weighted by Crippen LogP contribution is -2.54. The minimum atomic E-state index is -1.36. The van der Waals surface area contributed by atoms with E-state index >= 15 is 0 Å². The highest BCUT2D eigenvalue weighted by atomic mass is 16.6. The fraction of sp³-hybridized carbons (Fsp3) is 0.562. The number of nitrogens with zero attached hydrogens (tertiary/aromatic N) is 1. The number of ketones is 1. The number of aromatic nitrogens is 1. The maximum Gasteiger partial charge on any atom is 0.375 e. The Kier molecular flexibility index (Phi) is 15.4. The molecule has 15 heteroatoms. The number of nitrogens with one attached hydrogen (secondary N) is 1. The molecule has 2 aromatic carbocycles. The first-order chi connectivity index (χ1) is 30.6. The van der Waals surface area contributed by atoms with Crippen molar-refractivity contribution in [2.45, 2.75) is 95.4 Å². The molecule has 4 atom stereocenters. The number of benzene rings is 2. The third-order valence-electron chi connectivity index (χ3n) is 13.4. The second kappa shape index (κ2) is 20.9. The van der Waals surface area contributed by atoms with E-state index in [1.54, 1.807) is 14.0 Å². The summed E-state index contributed by atoms with van der Waals surface area (Å²) in [7, 11) is 1.69. The fourth-order valence-corrected chi connectivity index (χ4v) is 10.2. The predicted octanol–water partition coefficient (Wildman–Crippen LogP) is 4.28. The van der Waals surface area contributed by atoms with E-state index in [1.807, 2.05) is 30.5 Å². The van der Waals surface area contributed by atoms with Crippen LogP contribution in [-0.2, 0) is 36.9 Å². The van der Waals surface area contributed by atoms with E-state index in [9.17, 15) is 39.9 Å². The lowest BCUT2D eigenvalue weighted by atomic mass is 9.71. The Morgan fingerprint density at radius 1 is 1.00 bits per heavy atom. The van der Waals surface area contributed by atoms with Crippen LogP contribution in [0.5, 0.6) is 17.2 Å². The molecule has 3 aromatic rings. The molecule has 6 N–H and O–H groups in total. The Morgan fingerprint density at radius 2 is 1.79 bits per heavy atom. The number of fused-ring (bicyclic) bond motifs is 3. The zero-order chi connectivity index (χ0) is 44.7. The van der Waals surface area contributed by atoms with E-state index in [0.717, 1.165) is 42.5 Å². The molecule has 0 radical (unpaired) electrons. The van der Waals surface area contributed by atoms with Crippen LogP contribution in [0.1, 0.15) is 92.9 Å². The summed E-state index contributed by atoms with van der Waals surface area (Å²) >= 11 is 0. The van der Waals surface area contributed by atoms with Crippen LogP contribution >= 0.6 is 0 Å². The molecule has 15 nitrogen and oxygen atoms in total. The summed E-state index contributed by atoms with van der Waals surface area (Å²) in [5.41, 5.74) is 1.94. The first-order valence-electron chi connectivity index (χ1n) is 22.4. The number of unbranched alkanes of at least 4 members (excludes halogenated alkanes) is 1. The van der Waals surface area contributed by atoms with Crippen molar-refractivity contribution in [2.75, 3.05) is 66.4 Å². The van der Waals surface area contributed by atoms with Gasteiger partial charge in [-0.3, -0.25) is 9.59 Å². The molecule has 1 saturated heterocycles. The van der Waals surface area contributed by atoms with Gasteiger partial charge in [-0.15, -0.1) is 0 Å². The van der Waals surface area contributed by atoms with Crippen molar-refractivity contribution in [2.24, 2.45) is 11.8 Å². The lowest BCUT2D eigenvalue weighted by molar-refractivity contribution is -0.141. The quantitative estimate of drug-likeness (QED) is 0.0531. The molecule has 63 heavy (non-hydrogen) atoms. The Bertz CT molecular complexity index is 2190. The number of rotatable bonds is 20. The van der Waals surface area contributed by atoms with Gasteiger partial charge in [0.25, 0.3) is 0 Å². The maximum atomic E-state index is 14.1. The number of carbonyl (C=O) groups is 3. The smallest absolute Gasteiger partial charge is 0.375 e. The topological polar surface area (TPSA) is 218 Å². The Labute approximate surface area is 367 Å². The molecular formula is C48H62N2O13. The van der Waals surface area contributed by atoms with E-state index in [-0.39, 0.29) is 103 Å². The number of aliphatic hydroxyl groups excluding tert-OH is 4. The summed E-state index contributed by atoms with van der Waals surface area (Å²) in [6.45, 7) is 3.44. The van der Waals surface area contributed by atoms with E-state index in [4.69, 9.17) is 23.7 Å². The summed E-state index contributed by atoms with van der Waals surface area (Å²) < 4.78 is 30.5. The predicted molar refractivity (Wildman–Crippen MR) is 232 cm³/mol. The largest absolute Gasteiger partial charge is 0.492 e. The van der Waals surface area contributed by atoms with Crippen molar-refractivity contribution in [1.29, 1.82) is 0 Å². The van der Waals surface area contributed by atoms with Crippen LogP contribution in [0.4, 0.5) is 0 Å². The standard InChI is InChI=1S/C48H62N2O13/c1-3-60-47(57)46-36(27-54)40(31-23-32(26-53)42(56)34(24-31)29-8-9-38-30(22-29)10-14-49-38)41-44(61-21-7-19-52)35-25-39(62-43(35)37(28-55)45(41)63-46)48(58,13-4-5-18-51)33-11-16-50(17-12-33)15-6-20-59-2/h8-10,14,22,27,32-34,39,49,51-53,55,58H,3-7,11-13,15-21,23-26,28H2,1-2H3. The van der Waals surface area contributed by atoms with Gasteiger partial charge in [-0.05, 0) is 106 Å². The Balaban J connectivity index is 1.39. The van der Waals surface area contributed by atoms with Crippen LogP contribution in [-0.4, -0.2) is 132 Å². The van der Waals surface area contributed by atoms with Crippen LogP contribution < -0.4 is 14.2 Å². The van der Waals surface area contributed by atoms with E-state index in [0.29, 0.717) is 56.1 Å². The van der Waals surface area contributed by atoms with Gasteiger partial charge in [0.1, 0.15) is 34.7 Å². The van der Waals surface area contributed by atoms with Gasteiger partial charge in [0.2, 0.25) is 5.76 Å². The number of Topliss-reactive ketones (excluding diaryl/α,β-unsaturated/α-hetero) is 1. The van der Waals surface area contributed by atoms with Crippen molar-refractivity contribution >= 4 is 34.5 Å². The number of aliphatic hydroxyl groups is 5. The normalized spacial score (nSPS) is 22.7.